The first-order valence-corrected chi connectivity index (χ1v) is 8.41. The van der Waals surface area contributed by atoms with Gasteiger partial charge in [0.05, 0.1) is 12.0 Å². The van der Waals surface area contributed by atoms with E-state index < -0.39 is 22.3 Å². The maximum Gasteiger partial charge on any atom is 0.315 e. The molecule has 0 spiro atoms. The van der Waals surface area contributed by atoms with Crippen LogP contribution in [0.2, 0.25) is 0 Å². The topological polar surface area (TPSA) is 125 Å². The zero-order valence-corrected chi connectivity index (χ0v) is 15.2. The van der Waals surface area contributed by atoms with E-state index in [1.807, 2.05) is 30.3 Å². The van der Waals surface area contributed by atoms with E-state index >= 15 is 0 Å². The van der Waals surface area contributed by atoms with Crippen LogP contribution in [0.3, 0.4) is 0 Å². The van der Waals surface area contributed by atoms with Crippen LogP contribution in [-0.2, 0) is 4.79 Å². The predicted molar refractivity (Wildman–Crippen MR) is 107 cm³/mol. The number of carbonyl (C=O) groups is 1. The van der Waals surface area contributed by atoms with Crippen molar-refractivity contribution in [2.45, 2.75) is 0 Å². The Bertz CT molecular complexity index is 1190. The third-order valence-electron chi connectivity index (χ3n) is 4.21. The van der Waals surface area contributed by atoms with Gasteiger partial charge in [0.1, 0.15) is 11.6 Å². The van der Waals surface area contributed by atoms with Crippen LogP contribution in [0.4, 0.5) is 11.4 Å². The van der Waals surface area contributed by atoms with Crippen molar-refractivity contribution in [3.63, 3.8) is 0 Å². The van der Waals surface area contributed by atoms with E-state index in [1.54, 1.807) is 18.2 Å². The number of hydrogen-bond donors (Lipinski definition) is 2. The molecule has 0 aromatic heterocycles. The van der Waals surface area contributed by atoms with Gasteiger partial charge >= 0.3 is 5.69 Å². The summed E-state index contributed by atoms with van der Waals surface area (Å²) in [5, 5.41) is 34.8. The molecule has 3 aromatic carbocycles. The van der Waals surface area contributed by atoms with Gasteiger partial charge in [0.25, 0.3) is 5.91 Å². The molecule has 0 saturated heterocycles. The number of anilines is 1. The van der Waals surface area contributed by atoms with Crippen LogP contribution < -0.4 is 10.1 Å². The van der Waals surface area contributed by atoms with Gasteiger partial charge in [-0.3, -0.25) is 14.9 Å². The highest BCUT2D eigenvalue weighted by Crippen LogP contribution is 2.37. The number of methoxy groups -OCH3 is 1. The fourth-order valence-electron chi connectivity index (χ4n) is 2.83. The summed E-state index contributed by atoms with van der Waals surface area (Å²) in [6.45, 7) is 0. The number of phenolic OH excluding ortho intramolecular Hbond substituents is 1. The van der Waals surface area contributed by atoms with Crippen molar-refractivity contribution in [1.82, 2.24) is 0 Å². The Hall–Kier alpha value is -4.38. The minimum atomic E-state index is -0.780. The number of ether oxygens (including phenoxy) is 1. The lowest BCUT2D eigenvalue weighted by molar-refractivity contribution is -0.386. The molecule has 0 atom stereocenters. The number of aromatic hydroxyl groups is 1. The number of phenols is 1. The Morgan fingerprint density at radius 3 is 2.66 bits per heavy atom. The SMILES string of the molecule is COc1cc(/C=C(\C#N)C(=O)Nc2cccc3ccccc23)cc([N+](=O)[O-])c1O. The van der Waals surface area contributed by atoms with Crippen LogP contribution in [0.15, 0.2) is 60.2 Å². The first kappa shape index (κ1) is 19.4. The van der Waals surface area contributed by atoms with Gasteiger partial charge in [0.15, 0.2) is 5.75 Å². The molecule has 29 heavy (non-hydrogen) atoms. The molecule has 0 unspecified atom stereocenters. The van der Waals surface area contributed by atoms with E-state index in [9.17, 15) is 25.3 Å². The highest BCUT2D eigenvalue weighted by Gasteiger charge is 2.20. The van der Waals surface area contributed by atoms with Crippen LogP contribution in [-0.4, -0.2) is 23.0 Å². The maximum atomic E-state index is 12.6. The number of nitrogens with zero attached hydrogens (tertiary/aromatic N) is 2. The van der Waals surface area contributed by atoms with Gasteiger partial charge in [0.2, 0.25) is 5.75 Å². The zero-order valence-electron chi connectivity index (χ0n) is 15.2. The molecule has 2 N–H and O–H groups in total. The van der Waals surface area contributed by atoms with Crippen LogP contribution in [0.1, 0.15) is 5.56 Å². The third kappa shape index (κ3) is 3.99. The number of fused-ring (bicyclic) bond motifs is 1. The Balaban J connectivity index is 1.98. The van der Waals surface area contributed by atoms with Crippen LogP contribution in [0.5, 0.6) is 11.5 Å². The number of amides is 1. The molecule has 8 heteroatoms. The van der Waals surface area contributed by atoms with Gasteiger partial charge in [-0.05, 0) is 29.2 Å². The highest BCUT2D eigenvalue weighted by atomic mass is 16.6. The second kappa shape index (κ2) is 8.10. The Labute approximate surface area is 165 Å². The van der Waals surface area contributed by atoms with E-state index in [4.69, 9.17) is 4.74 Å². The van der Waals surface area contributed by atoms with Gasteiger partial charge in [-0.25, -0.2) is 0 Å². The lowest BCUT2D eigenvalue weighted by Crippen LogP contribution is -2.13. The molecule has 0 aliphatic heterocycles. The van der Waals surface area contributed by atoms with Gasteiger partial charge in [-0.1, -0.05) is 36.4 Å². The molecule has 0 heterocycles. The van der Waals surface area contributed by atoms with E-state index in [0.29, 0.717) is 5.69 Å². The smallest absolute Gasteiger partial charge is 0.315 e. The highest BCUT2D eigenvalue weighted by molar-refractivity contribution is 6.13. The fourth-order valence-corrected chi connectivity index (χ4v) is 2.83. The number of rotatable bonds is 5. The summed E-state index contributed by atoms with van der Waals surface area (Å²) in [6.07, 6.45) is 1.19. The number of benzene rings is 3. The Morgan fingerprint density at radius 2 is 1.97 bits per heavy atom. The first-order chi connectivity index (χ1) is 13.9. The summed E-state index contributed by atoms with van der Waals surface area (Å²) in [4.78, 5) is 23.0. The summed E-state index contributed by atoms with van der Waals surface area (Å²) in [5.41, 5.74) is -0.165. The number of nitrogens with one attached hydrogen (secondary N) is 1. The van der Waals surface area contributed by atoms with Crippen LogP contribution >= 0.6 is 0 Å². The lowest BCUT2D eigenvalue weighted by atomic mass is 10.1. The van der Waals surface area contributed by atoms with Crippen molar-refractivity contribution in [2.75, 3.05) is 12.4 Å². The van der Waals surface area contributed by atoms with Crippen LogP contribution in [0.25, 0.3) is 16.8 Å². The second-order valence-corrected chi connectivity index (χ2v) is 6.00. The standard InChI is InChI=1S/C21H15N3O5/c1-29-19-11-13(10-18(20(19)25)24(27)28)9-15(12-22)21(26)23-17-8-4-6-14-5-2-3-7-16(14)17/h2-11,25H,1H3,(H,23,26)/b15-9+. The number of hydrogen-bond acceptors (Lipinski definition) is 6. The minimum Gasteiger partial charge on any atom is -0.500 e. The predicted octanol–water partition coefficient (Wildman–Crippen LogP) is 4.01. The largest absolute Gasteiger partial charge is 0.500 e. The van der Waals surface area contributed by atoms with Gasteiger partial charge in [-0.2, -0.15) is 5.26 Å². The van der Waals surface area contributed by atoms with Crippen molar-refractivity contribution in [1.29, 1.82) is 5.26 Å². The summed E-state index contributed by atoms with van der Waals surface area (Å²) in [6, 6.07) is 17.0. The number of nitro benzene ring substituents is 1. The molecule has 0 saturated carbocycles. The quantitative estimate of drug-likeness (QED) is 0.294. The number of nitriles is 1. The summed E-state index contributed by atoms with van der Waals surface area (Å²) in [5.74, 6) is -1.44. The molecule has 0 aliphatic rings. The number of carbonyl (C=O) groups excluding carboxylic acids is 1. The van der Waals surface area contributed by atoms with Gasteiger partial charge in [-0.15, -0.1) is 0 Å². The zero-order chi connectivity index (χ0) is 21.0. The molecular weight excluding hydrogens is 374 g/mol. The lowest BCUT2D eigenvalue weighted by Gasteiger charge is -2.09. The molecular formula is C21H15N3O5. The molecule has 1 amide bonds. The van der Waals surface area contributed by atoms with Gasteiger partial charge < -0.3 is 15.2 Å². The van der Waals surface area contributed by atoms with E-state index in [-0.39, 0.29) is 16.9 Å². The Kier molecular flexibility index (Phi) is 5.42. The Morgan fingerprint density at radius 1 is 1.24 bits per heavy atom. The third-order valence-corrected chi connectivity index (χ3v) is 4.21. The molecule has 0 bridgehead atoms. The van der Waals surface area contributed by atoms with Crippen molar-refractivity contribution in [3.8, 4) is 17.6 Å². The number of nitro groups is 1. The molecule has 8 nitrogen and oxygen atoms in total. The maximum absolute atomic E-state index is 12.6. The van der Waals surface area contributed by atoms with Gasteiger partial charge in [0, 0.05) is 17.1 Å². The monoisotopic (exact) mass is 389 g/mol. The summed E-state index contributed by atoms with van der Waals surface area (Å²) >= 11 is 0. The van der Waals surface area contributed by atoms with Crippen molar-refractivity contribution in [3.05, 3.63) is 75.8 Å². The van der Waals surface area contributed by atoms with E-state index in [1.165, 1.54) is 19.3 Å². The molecule has 0 aliphatic carbocycles. The van der Waals surface area contributed by atoms with E-state index in [0.717, 1.165) is 16.8 Å². The normalized spacial score (nSPS) is 11.0. The molecule has 3 aromatic rings. The van der Waals surface area contributed by atoms with E-state index in [2.05, 4.69) is 5.32 Å². The van der Waals surface area contributed by atoms with Crippen LogP contribution in [0, 0.1) is 21.4 Å². The molecule has 144 valence electrons. The average Bonchev–Trinajstić information content (AvgIpc) is 2.72. The minimum absolute atomic E-state index is 0.141. The van der Waals surface area contributed by atoms with Crippen molar-refractivity contribution >= 4 is 34.1 Å². The molecule has 0 radical (unpaired) electrons. The second-order valence-electron chi connectivity index (χ2n) is 6.00. The average molecular weight is 389 g/mol. The van der Waals surface area contributed by atoms with Crippen molar-refractivity contribution < 1.29 is 19.6 Å². The summed E-state index contributed by atoms with van der Waals surface area (Å²) in [7, 11) is 1.24. The molecule has 0 fully saturated rings. The molecule has 3 rings (SSSR count). The fraction of sp³-hybridized carbons (Fsp3) is 0.0476. The van der Waals surface area contributed by atoms with Crippen molar-refractivity contribution in [2.24, 2.45) is 0 Å². The first-order valence-electron chi connectivity index (χ1n) is 8.41. The summed E-state index contributed by atoms with van der Waals surface area (Å²) < 4.78 is 4.93.